The van der Waals surface area contributed by atoms with Crippen molar-refractivity contribution < 1.29 is 0 Å². The van der Waals surface area contributed by atoms with Crippen LogP contribution in [0.2, 0.25) is 0 Å². The summed E-state index contributed by atoms with van der Waals surface area (Å²) in [6.07, 6.45) is 0. The van der Waals surface area contributed by atoms with Crippen molar-refractivity contribution >= 4 is 37.5 Å². The summed E-state index contributed by atoms with van der Waals surface area (Å²) in [4.78, 5) is 0. The van der Waals surface area contributed by atoms with Gasteiger partial charge in [-0.1, -0.05) is 56.1 Å². The predicted molar refractivity (Wildman–Crippen MR) is 107 cm³/mol. The molecule has 25 heavy (non-hydrogen) atoms. The summed E-state index contributed by atoms with van der Waals surface area (Å²) in [5, 5.41) is 19.2. The summed E-state index contributed by atoms with van der Waals surface area (Å²) in [6.45, 7) is 0. The molecule has 3 aromatic carbocycles. The number of rotatable bonds is 2. The lowest BCUT2D eigenvalue weighted by atomic mass is 9.90. The van der Waals surface area contributed by atoms with Crippen LogP contribution in [0.5, 0.6) is 0 Å². The molecule has 2 N–H and O–H groups in total. The number of hydrogen-bond acceptors (Lipinski definition) is 3. The number of nitriles is 2. The maximum absolute atomic E-state index is 9.58. The van der Waals surface area contributed by atoms with Gasteiger partial charge >= 0.3 is 0 Å². The maximum atomic E-state index is 9.58. The SMILES string of the molecule is N#Cc1c(-c2ccc(Br)cc2)cc(-c2ccc(Br)cc2)c(C#N)c1N. The minimum atomic E-state index is 0.211. The molecular weight excluding hydrogens is 442 g/mol. The average molecular weight is 453 g/mol. The van der Waals surface area contributed by atoms with Crippen LogP contribution in [0.4, 0.5) is 5.69 Å². The summed E-state index contributed by atoms with van der Waals surface area (Å²) in [5.41, 5.74) is 10.2. The summed E-state index contributed by atoms with van der Waals surface area (Å²) in [7, 11) is 0. The van der Waals surface area contributed by atoms with E-state index in [2.05, 4.69) is 44.0 Å². The number of hydrogen-bond donors (Lipinski definition) is 1. The molecular formula is C20H11Br2N3. The Hall–Kier alpha value is -2.60. The first-order valence-electron chi connectivity index (χ1n) is 7.33. The molecule has 0 heterocycles. The molecule has 0 saturated heterocycles. The van der Waals surface area contributed by atoms with Gasteiger partial charge in [0.15, 0.2) is 0 Å². The van der Waals surface area contributed by atoms with Crippen molar-refractivity contribution in [1.29, 1.82) is 10.5 Å². The Balaban J connectivity index is 2.33. The topological polar surface area (TPSA) is 73.6 Å². The number of anilines is 1. The molecule has 3 nitrogen and oxygen atoms in total. The Morgan fingerprint density at radius 2 is 1.04 bits per heavy atom. The second kappa shape index (κ2) is 7.11. The van der Waals surface area contributed by atoms with Crippen LogP contribution < -0.4 is 5.73 Å². The van der Waals surface area contributed by atoms with Crippen molar-refractivity contribution in [2.24, 2.45) is 0 Å². The fourth-order valence-electron chi connectivity index (χ4n) is 2.66. The van der Waals surface area contributed by atoms with Crippen LogP contribution in [-0.4, -0.2) is 0 Å². The molecule has 0 saturated carbocycles. The number of benzene rings is 3. The Labute approximate surface area is 162 Å². The van der Waals surface area contributed by atoms with Crippen LogP contribution in [0.25, 0.3) is 22.3 Å². The Kier molecular flexibility index (Phi) is 4.90. The van der Waals surface area contributed by atoms with Crippen molar-refractivity contribution in [2.45, 2.75) is 0 Å². The van der Waals surface area contributed by atoms with Gasteiger partial charge in [0.05, 0.1) is 16.8 Å². The van der Waals surface area contributed by atoms with Gasteiger partial charge in [0, 0.05) is 20.1 Å². The molecule has 5 heteroatoms. The first kappa shape index (κ1) is 17.2. The first-order valence-corrected chi connectivity index (χ1v) is 8.92. The van der Waals surface area contributed by atoms with E-state index >= 15 is 0 Å². The third kappa shape index (κ3) is 3.30. The summed E-state index contributed by atoms with van der Waals surface area (Å²) in [6, 6.07) is 21.4. The second-order valence-electron chi connectivity index (χ2n) is 5.37. The molecule has 0 spiro atoms. The van der Waals surface area contributed by atoms with E-state index in [0.29, 0.717) is 22.3 Å². The molecule has 120 valence electrons. The van der Waals surface area contributed by atoms with E-state index < -0.39 is 0 Å². The minimum Gasteiger partial charge on any atom is -0.397 e. The summed E-state index contributed by atoms with van der Waals surface area (Å²) >= 11 is 6.82. The lowest BCUT2D eigenvalue weighted by Crippen LogP contribution is -2.00. The molecule has 0 radical (unpaired) electrons. The van der Waals surface area contributed by atoms with Crippen LogP contribution in [0.15, 0.2) is 63.5 Å². The number of nitrogens with two attached hydrogens (primary N) is 1. The second-order valence-corrected chi connectivity index (χ2v) is 7.20. The van der Waals surface area contributed by atoms with Crippen LogP contribution in [-0.2, 0) is 0 Å². The molecule has 0 aliphatic heterocycles. The minimum absolute atomic E-state index is 0.211. The highest BCUT2D eigenvalue weighted by Crippen LogP contribution is 2.37. The van der Waals surface area contributed by atoms with Gasteiger partial charge in [-0.15, -0.1) is 0 Å². The van der Waals surface area contributed by atoms with E-state index in [-0.39, 0.29) is 5.69 Å². The van der Waals surface area contributed by atoms with E-state index in [1.165, 1.54) is 0 Å². The molecule has 0 aliphatic carbocycles. The smallest absolute Gasteiger partial charge is 0.102 e. The van der Waals surface area contributed by atoms with Gasteiger partial charge in [0.1, 0.15) is 12.1 Å². The standard InChI is InChI=1S/C20H11Br2N3/c21-14-5-1-12(2-6-14)16-9-17(13-3-7-15(22)8-4-13)19(11-24)20(25)18(16)10-23/h1-9H,25H2. The molecule has 3 rings (SSSR count). The Morgan fingerprint density at radius 3 is 1.36 bits per heavy atom. The Morgan fingerprint density at radius 1 is 0.680 bits per heavy atom. The van der Waals surface area contributed by atoms with Crippen LogP contribution in [0.1, 0.15) is 11.1 Å². The van der Waals surface area contributed by atoms with Gasteiger partial charge in [0.2, 0.25) is 0 Å². The molecule has 0 bridgehead atoms. The zero-order valence-electron chi connectivity index (χ0n) is 12.9. The number of nitrogens with zero attached hydrogens (tertiary/aromatic N) is 2. The van der Waals surface area contributed by atoms with Crippen molar-refractivity contribution in [1.82, 2.24) is 0 Å². The third-order valence-electron chi connectivity index (χ3n) is 3.90. The lowest BCUT2D eigenvalue weighted by molar-refractivity contribution is 1.44. The summed E-state index contributed by atoms with van der Waals surface area (Å²) in [5.74, 6) is 0. The maximum Gasteiger partial charge on any atom is 0.102 e. The third-order valence-corrected chi connectivity index (χ3v) is 4.96. The molecule has 0 atom stereocenters. The highest BCUT2D eigenvalue weighted by molar-refractivity contribution is 9.10. The number of halogens is 2. The average Bonchev–Trinajstić information content (AvgIpc) is 2.62. The van der Waals surface area contributed by atoms with Crippen molar-refractivity contribution in [3.05, 3.63) is 74.7 Å². The van der Waals surface area contributed by atoms with Crippen LogP contribution in [0, 0.1) is 22.7 Å². The monoisotopic (exact) mass is 451 g/mol. The van der Waals surface area contributed by atoms with Gasteiger partial charge in [-0.05, 0) is 41.5 Å². The van der Waals surface area contributed by atoms with Gasteiger partial charge in [-0.3, -0.25) is 0 Å². The largest absolute Gasteiger partial charge is 0.397 e. The van der Waals surface area contributed by atoms with E-state index in [9.17, 15) is 10.5 Å². The predicted octanol–water partition coefficient (Wildman–Crippen LogP) is 5.87. The number of nitrogen functional groups attached to an aromatic ring is 1. The van der Waals surface area contributed by atoms with E-state index in [0.717, 1.165) is 20.1 Å². The van der Waals surface area contributed by atoms with Gasteiger partial charge in [-0.2, -0.15) is 10.5 Å². The van der Waals surface area contributed by atoms with Gasteiger partial charge < -0.3 is 5.73 Å². The Bertz CT molecular complexity index is 943. The molecule has 3 aromatic rings. The summed E-state index contributed by atoms with van der Waals surface area (Å²) < 4.78 is 1.90. The molecule has 0 amide bonds. The fourth-order valence-corrected chi connectivity index (χ4v) is 3.19. The van der Waals surface area contributed by atoms with E-state index in [1.54, 1.807) is 0 Å². The van der Waals surface area contributed by atoms with Gasteiger partial charge in [0.25, 0.3) is 0 Å². The van der Waals surface area contributed by atoms with Gasteiger partial charge in [-0.25, -0.2) is 0 Å². The van der Waals surface area contributed by atoms with Crippen LogP contribution in [0.3, 0.4) is 0 Å². The first-order chi connectivity index (χ1) is 12.0. The highest BCUT2D eigenvalue weighted by Gasteiger charge is 2.18. The van der Waals surface area contributed by atoms with E-state index in [1.807, 2.05) is 54.6 Å². The van der Waals surface area contributed by atoms with Crippen molar-refractivity contribution in [3.8, 4) is 34.4 Å². The van der Waals surface area contributed by atoms with E-state index in [4.69, 9.17) is 5.73 Å². The molecule has 0 aliphatic rings. The molecule has 0 aromatic heterocycles. The van der Waals surface area contributed by atoms with Crippen molar-refractivity contribution in [3.63, 3.8) is 0 Å². The quantitative estimate of drug-likeness (QED) is 0.494. The zero-order chi connectivity index (χ0) is 18.0. The van der Waals surface area contributed by atoms with Crippen LogP contribution >= 0.6 is 31.9 Å². The highest BCUT2D eigenvalue weighted by atomic mass is 79.9. The molecule has 0 unspecified atom stereocenters. The normalized spacial score (nSPS) is 10.1. The molecule has 0 fully saturated rings. The lowest BCUT2D eigenvalue weighted by Gasteiger charge is -2.14. The zero-order valence-corrected chi connectivity index (χ0v) is 16.1. The van der Waals surface area contributed by atoms with Crippen molar-refractivity contribution in [2.75, 3.05) is 5.73 Å². The fraction of sp³-hybridized carbons (Fsp3) is 0.